The second-order valence-electron chi connectivity index (χ2n) is 3.12. The lowest BCUT2D eigenvalue weighted by Crippen LogP contribution is -1.89. The molecule has 0 aliphatic heterocycles. The number of thiazole rings is 1. The smallest absolute Gasteiger partial charge is 0.146 e. The number of hydrogen-bond donors (Lipinski definition) is 0. The van der Waals surface area contributed by atoms with Gasteiger partial charge in [0.2, 0.25) is 0 Å². The average molecular weight is 211 g/mol. The van der Waals surface area contributed by atoms with Gasteiger partial charge in [0.15, 0.2) is 0 Å². The van der Waals surface area contributed by atoms with E-state index in [0.717, 1.165) is 5.01 Å². The van der Waals surface area contributed by atoms with Crippen LogP contribution in [0.25, 0.3) is 10.2 Å². The van der Waals surface area contributed by atoms with E-state index in [0.29, 0.717) is 21.5 Å². The summed E-state index contributed by atoms with van der Waals surface area (Å²) in [7, 11) is 1.57. The van der Waals surface area contributed by atoms with E-state index in [4.69, 9.17) is 4.74 Å². The van der Waals surface area contributed by atoms with E-state index in [9.17, 15) is 4.39 Å². The fourth-order valence-electron chi connectivity index (χ4n) is 1.41. The quantitative estimate of drug-likeness (QED) is 0.723. The third kappa shape index (κ3) is 1.26. The van der Waals surface area contributed by atoms with Crippen LogP contribution in [-0.2, 0) is 0 Å². The van der Waals surface area contributed by atoms with Crippen molar-refractivity contribution in [3.63, 3.8) is 0 Å². The summed E-state index contributed by atoms with van der Waals surface area (Å²) in [6.45, 7) is 3.59. The number of aryl methyl sites for hydroxylation is 2. The number of fused-ring (bicyclic) bond motifs is 1. The molecule has 0 radical (unpaired) electrons. The standard InChI is InChI=1S/C10H10FNOS/c1-5-4-7(13-3)9-10(8(5)11)14-6(2)12-9/h4H,1-3H3. The van der Waals surface area contributed by atoms with Crippen LogP contribution < -0.4 is 4.74 Å². The largest absolute Gasteiger partial charge is 0.494 e. The Morgan fingerprint density at radius 2 is 2.14 bits per heavy atom. The van der Waals surface area contributed by atoms with Gasteiger partial charge in [0, 0.05) is 0 Å². The predicted octanol–water partition coefficient (Wildman–Crippen LogP) is 3.06. The zero-order valence-electron chi connectivity index (χ0n) is 8.22. The lowest BCUT2D eigenvalue weighted by molar-refractivity contribution is 0.418. The minimum Gasteiger partial charge on any atom is -0.494 e. The highest BCUT2D eigenvalue weighted by molar-refractivity contribution is 7.18. The highest BCUT2D eigenvalue weighted by Crippen LogP contribution is 2.33. The molecule has 0 amide bonds. The summed E-state index contributed by atoms with van der Waals surface area (Å²) in [4.78, 5) is 4.24. The highest BCUT2D eigenvalue weighted by Gasteiger charge is 2.13. The summed E-state index contributed by atoms with van der Waals surface area (Å²) in [6.07, 6.45) is 0. The van der Waals surface area contributed by atoms with E-state index in [1.54, 1.807) is 20.1 Å². The molecular formula is C10H10FNOS. The summed E-state index contributed by atoms with van der Waals surface area (Å²) >= 11 is 1.36. The van der Waals surface area contributed by atoms with Gasteiger partial charge < -0.3 is 4.74 Å². The number of nitrogens with zero attached hydrogens (tertiary/aromatic N) is 1. The molecule has 2 rings (SSSR count). The van der Waals surface area contributed by atoms with E-state index in [1.807, 2.05) is 6.92 Å². The van der Waals surface area contributed by atoms with Gasteiger partial charge in [-0.05, 0) is 25.5 Å². The molecule has 0 bridgehead atoms. The molecule has 0 N–H and O–H groups in total. The molecule has 1 aromatic heterocycles. The molecule has 0 aliphatic carbocycles. The third-order valence-electron chi connectivity index (χ3n) is 2.08. The first kappa shape index (κ1) is 9.40. The van der Waals surface area contributed by atoms with Crippen molar-refractivity contribution in [1.82, 2.24) is 4.98 Å². The maximum absolute atomic E-state index is 13.6. The van der Waals surface area contributed by atoms with Crippen LogP contribution in [0.1, 0.15) is 10.6 Å². The van der Waals surface area contributed by atoms with E-state index in [-0.39, 0.29) is 5.82 Å². The molecule has 0 unspecified atom stereocenters. The molecule has 74 valence electrons. The van der Waals surface area contributed by atoms with Gasteiger partial charge in [0.05, 0.1) is 16.8 Å². The van der Waals surface area contributed by atoms with Crippen LogP contribution in [0.15, 0.2) is 6.07 Å². The van der Waals surface area contributed by atoms with Gasteiger partial charge in [-0.2, -0.15) is 0 Å². The number of aromatic nitrogens is 1. The number of ether oxygens (including phenoxy) is 1. The van der Waals surface area contributed by atoms with Gasteiger partial charge >= 0.3 is 0 Å². The van der Waals surface area contributed by atoms with E-state index < -0.39 is 0 Å². The minimum atomic E-state index is -0.189. The van der Waals surface area contributed by atoms with Crippen LogP contribution in [0.5, 0.6) is 5.75 Å². The minimum absolute atomic E-state index is 0.189. The van der Waals surface area contributed by atoms with E-state index in [1.165, 1.54) is 11.3 Å². The molecule has 0 saturated carbocycles. The SMILES string of the molecule is COc1cc(C)c(F)c2sc(C)nc12. The summed E-state index contributed by atoms with van der Waals surface area (Å²) in [6, 6.07) is 1.68. The number of rotatable bonds is 1. The Morgan fingerprint density at radius 1 is 1.43 bits per heavy atom. The first-order valence-electron chi connectivity index (χ1n) is 4.23. The van der Waals surface area contributed by atoms with E-state index in [2.05, 4.69) is 4.98 Å². The summed E-state index contributed by atoms with van der Waals surface area (Å²) in [5.41, 5.74) is 1.22. The van der Waals surface area contributed by atoms with Crippen LogP contribution in [0.3, 0.4) is 0 Å². The Hall–Kier alpha value is -1.16. The molecule has 1 heterocycles. The fraction of sp³-hybridized carbons (Fsp3) is 0.300. The Balaban J connectivity index is 2.88. The topological polar surface area (TPSA) is 22.1 Å². The zero-order chi connectivity index (χ0) is 10.3. The number of benzene rings is 1. The van der Waals surface area contributed by atoms with Crippen molar-refractivity contribution in [3.8, 4) is 5.75 Å². The number of methoxy groups -OCH3 is 1. The van der Waals surface area contributed by atoms with Crippen LogP contribution in [-0.4, -0.2) is 12.1 Å². The van der Waals surface area contributed by atoms with Crippen molar-refractivity contribution >= 4 is 21.6 Å². The number of halogens is 1. The molecule has 0 atom stereocenters. The second kappa shape index (κ2) is 3.20. The van der Waals surface area contributed by atoms with Crippen LogP contribution in [0, 0.1) is 19.7 Å². The molecule has 14 heavy (non-hydrogen) atoms. The van der Waals surface area contributed by atoms with Gasteiger partial charge in [-0.15, -0.1) is 11.3 Å². The Labute approximate surface area is 85.3 Å². The summed E-state index contributed by atoms with van der Waals surface area (Å²) in [5, 5.41) is 0.850. The third-order valence-corrected chi connectivity index (χ3v) is 3.04. The maximum atomic E-state index is 13.6. The first-order chi connectivity index (χ1) is 6.63. The molecule has 1 aromatic carbocycles. The molecule has 0 aliphatic rings. The monoisotopic (exact) mass is 211 g/mol. The molecule has 0 fully saturated rings. The van der Waals surface area contributed by atoms with Gasteiger partial charge in [0.1, 0.15) is 17.1 Å². The van der Waals surface area contributed by atoms with Gasteiger partial charge in [0.25, 0.3) is 0 Å². The zero-order valence-corrected chi connectivity index (χ0v) is 9.04. The molecule has 0 spiro atoms. The molecule has 4 heteroatoms. The first-order valence-corrected chi connectivity index (χ1v) is 5.05. The summed E-state index contributed by atoms with van der Waals surface area (Å²) < 4.78 is 19.4. The lowest BCUT2D eigenvalue weighted by atomic mass is 10.2. The Morgan fingerprint density at radius 3 is 2.79 bits per heavy atom. The summed E-state index contributed by atoms with van der Waals surface area (Å²) in [5.74, 6) is 0.453. The van der Waals surface area contributed by atoms with Crippen LogP contribution in [0.4, 0.5) is 4.39 Å². The Kier molecular flexibility index (Phi) is 2.15. The maximum Gasteiger partial charge on any atom is 0.146 e. The van der Waals surface area contributed by atoms with Crippen molar-refractivity contribution in [2.75, 3.05) is 7.11 Å². The van der Waals surface area contributed by atoms with Gasteiger partial charge in [-0.1, -0.05) is 0 Å². The fourth-order valence-corrected chi connectivity index (χ4v) is 2.33. The second-order valence-corrected chi connectivity index (χ2v) is 4.32. The van der Waals surface area contributed by atoms with Crippen molar-refractivity contribution in [3.05, 3.63) is 22.5 Å². The highest BCUT2D eigenvalue weighted by atomic mass is 32.1. The van der Waals surface area contributed by atoms with Gasteiger partial charge in [-0.3, -0.25) is 0 Å². The van der Waals surface area contributed by atoms with Gasteiger partial charge in [-0.25, -0.2) is 9.37 Å². The molecule has 2 nitrogen and oxygen atoms in total. The van der Waals surface area contributed by atoms with Crippen LogP contribution >= 0.6 is 11.3 Å². The van der Waals surface area contributed by atoms with Crippen molar-refractivity contribution in [2.24, 2.45) is 0 Å². The average Bonchev–Trinajstić information content (AvgIpc) is 2.54. The van der Waals surface area contributed by atoms with E-state index >= 15 is 0 Å². The normalized spacial score (nSPS) is 10.9. The lowest BCUT2D eigenvalue weighted by Gasteiger charge is -2.03. The van der Waals surface area contributed by atoms with Crippen molar-refractivity contribution < 1.29 is 9.13 Å². The van der Waals surface area contributed by atoms with Crippen LogP contribution in [0.2, 0.25) is 0 Å². The predicted molar refractivity (Wildman–Crippen MR) is 55.6 cm³/mol. The molecular weight excluding hydrogens is 201 g/mol. The van der Waals surface area contributed by atoms with Crippen molar-refractivity contribution in [2.45, 2.75) is 13.8 Å². The molecule has 0 saturated heterocycles. The Bertz CT molecular complexity index is 492. The molecule has 2 aromatic rings. The van der Waals surface area contributed by atoms with Crippen molar-refractivity contribution in [1.29, 1.82) is 0 Å². The number of hydrogen-bond acceptors (Lipinski definition) is 3.